The van der Waals surface area contributed by atoms with Crippen LogP contribution >= 0.6 is 11.3 Å². The molecule has 0 atom stereocenters. The summed E-state index contributed by atoms with van der Waals surface area (Å²) >= 11 is 1.41. The highest BCUT2D eigenvalue weighted by atomic mass is 32.1. The zero-order valence-electron chi connectivity index (χ0n) is 7.06. The molecule has 4 nitrogen and oxygen atoms in total. The van der Waals surface area contributed by atoms with E-state index in [1.807, 2.05) is 6.92 Å². The minimum absolute atomic E-state index is 0.692. The molecule has 2 rings (SSSR count). The minimum atomic E-state index is 0.692. The first-order valence-corrected chi connectivity index (χ1v) is 4.57. The molecule has 13 heavy (non-hydrogen) atoms. The number of nitrogens with two attached hydrogens (primary N) is 1. The lowest BCUT2D eigenvalue weighted by Gasteiger charge is -1.93. The van der Waals surface area contributed by atoms with Gasteiger partial charge in [-0.3, -0.25) is 9.97 Å². The summed E-state index contributed by atoms with van der Waals surface area (Å²) in [4.78, 5) is 12.4. The highest BCUT2D eigenvalue weighted by molar-refractivity contribution is 7.18. The van der Waals surface area contributed by atoms with Crippen molar-refractivity contribution in [2.75, 3.05) is 5.73 Å². The average molecular weight is 192 g/mol. The van der Waals surface area contributed by atoms with Crippen molar-refractivity contribution in [1.29, 1.82) is 0 Å². The maximum atomic E-state index is 5.55. The summed E-state index contributed by atoms with van der Waals surface area (Å²) in [6, 6.07) is 0. The minimum Gasteiger partial charge on any atom is -0.389 e. The van der Waals surface area contributed by atoms with Crippen LogP contribution in [0.25, 0.3) is 10.7 Å². The fourth-order valence-electron chi connectivity index (χ4n) is 0.908. The molecular weight excluding hydrogens is 184 g/mol. The van der Waals surface area contributed by atoms with E-state index >= 15 is 0 Å². The summed E-state index contributed by atoms with van der Waals surface area (Å²) in [5, 5.41) is 1.50. The Labute approximate surface area is 79.5 Å². The summed E-state index contributed by atoms with van der Waals surface area (Å²) in [6.07, 6.45) is 5.04. The fourth-order valence-corrected chi connectivity index (χ4v) is 1.55. The Morgan fingerprint density at radius 3 is 2.54 bits per heavy atom. The molecule has 0 unspecified atom stereocenters. The molecule has 0 aliphatic carbocycles. The lowest BCUT2D eigenvalue weighted by Crippen LogP contribution is -1.86. The standard InChI is InChI=1S/C8H8N4S/c1-5-2-11-6(3-10-5)8-12-4-7(9)13-8/h2-4H,9H2,1H3. The number of thiazole rings is 1. The molecule has 0 saturated carbocycles. The Morgan fingerprint density at radius 2 is 2.00 bits per heavy atom. The topological polar surface area (TPSA) is 64.7 Å². The summed E-state index contributed by atoms with van der Waals surface area (Å²) in [5.74, 6) is 0. The van der Waals surface area contributed by atoms with Crippen LogP contribution in [0.1, 0.15) is 5.69 Å². The summed E-state index contributed by atoms with van der Waals surface area (Å²) in [6.45, 7) is 1.90. The number of aryl methyl sites for hydroxylation is 1. The number of rotatable bonds is 1. The van der Waals surface area contributed by atoms with E-state index < -0.39 is 0 Å². The second-order valence-corrected chi connectivity index (χ2v) is 3.67. The van der Waals surface area contributed by atoms with Crippen LogP contribution in [0.2, 0.25) is 0 Å². The lowest BCUT2D eigenvalue weighted by molar-refractivity contribution is 1.12. The summed E-state index contributed by atoms with van der Waals surface area (Å²) in [7, 11) is 0. The molecule has 2 aromatic rings. The predicted octanol–water partition coefficient (Wildman–Crippen LogP) is 1.49. The van der Waals surface area contributed by atoms with Crippen LogP contribution in [0.4, 0.5) is 5.00 Å². The Bertz CT molecular complexity index is 406. The summed E-state index contributed by atoms with van der Waals surface area (Å²) in [5.41, 5.74) is 7.22. The van der Waals surface area contributed by atoms with Crippen LogP contribution < -0.4 is 5.73 Å². The molecular formula is C8H8N4S. The Kier molecular flexibility index (Phi) is 1.94. The molecule has 2 heterocycles. The van der Waals surface area contributed by atoms with Gasteiger partial charge in [-0.1, -0.05) is 11.3 Å². The molecule has 0 aromatic carbocycles. The van der Waals surface area contributed by atoms with Gasteiger partial charge >= 0.3 is 0 Å². The number of hydrogen-bond acceptors (Lipinski definition) is 5. The van der Waals surface area contributed by atoms with Gasteiger partial charge in [0.15, 0.2) is 0 Å². The fraction of sp³-hybridized carbons (Fsp3) is 0.125. The SMILES string of the molecule is Cc1cnc(-c2ncc(N)s2)cn1. The van der Waals surface area contributed by atoms with Crippen molar-refractivity contribution in [3.8, 4) is 10.7 Å². The van der Waals surface area contributed by atoms with Crippen molar-refractivity contribution in [1.82, 2.24) is 15.0 Å². The molecule has 0 spiro atoms. The maximum Gasteiger partial charge on any atom is 0.145 e. The molecule has 66 valence electrons. The van der Waals surface area contributed by atoms with Crippen LogP contribution in [0.5, 0.6) is 0 Å². The molecule has 0 radical (unpaired) electrons. The molecule has 0 aliphatic heterocycles. The van der Waals surface area contributed by atoms with E-state index in [1.54, 1.807) is 18.6 Å². The van der Waals surface area contributed by atoms with Crippen molar-refractivity contribution >= 4 is 16.3 Å². The highest BCUT2D eigenvalue weighted by Gasteiger charge is 2.03. The molecule has 0 amide bonds. The van der Waals surface area contributed by atoms with Gasteiger partial charge < -0.3 is 5.73 Å². The largest absolute Gasteiger partial charge is 0.389 e. The number of anilines is 1. The third-order valence-corrected chi connectivity index (χ3v) is 2.37. The highest BCUT2D eigenvalue weighted by Crippen LogP contribution is 2.23. The van der Waals surface area contributed by atoms with Crippen LogP contribution in [-0.2, 0) is 0 Å². The van der Waals surface area contributed by atoms with Gasteiger partial charge in [-0.2, -0.15) is 0 Å². The first kappa shape index (κ1) is 8.12. The lowest BCUT2D eigenvalue weighted by atomic mass is 10.4. The first-order valence-electron chi connectivity index (χ1n) is 3.76. The third-order valence-electron chi connectivity index (χ3n) is 1.52. The molecule has 0 saturated heterocycles. The predicted molar refractivity (Wildman–Crippen MR) is 52.3 cm³/mol. The van der Waals surface area contributed by atoms with Crippen LogP contribution in [0.3, 0.4) is 0 Å². The van der Waals surface area contributed by atoms with E-state index in [2.05, 4.69) is 15.0 Å². The van der Waals surface area contributed by atoms with Gasteiger partial charge in [-0.05, 0) is 6.92 Å². The van der Waals surface area contributed by atoms with Gasteiger partial charge in [0.1, 0.15) is 15.7 Å². The van der Waals surface area contributed by atoms with Crippen molar-refractivity contribution in [2.24, 2.45) is 0 Å². The van der Waals surface area contributed by atoms with Crippen molar-refractivity contribution in [2.45, 2.75) is 6.92 Å². The zero-order valence-corrected chi connectivity index (χ0v) is 7.88. The average Bonchev–Trinajstić information content (AvgIpc) is 2.53. The Morgan fingerprint density at radius 1 is 1.15 bits per heavy atom. The van der Waals surface area contributed by atoms with Gasteiger partial charge in [-0.15, -0.1) is 0 Å². The van der Waals surface area contributed by atoms with Crippen molar-refractivity contribution < 1.29 is 0 Å². The molecule has 5 heteroatoms. The number of nitrogen functional groups attached to an aromatic ring is 1. The molecule has 0 aliphatic rings. The number of aromatic nitrogens is 3. The van der Waals surface area contributed by atoms with Crippen molar-refractivity contribution in [3.63, 3.8) is 0 Å². The Balaban J connectivity index is 2.41. The molecule has 2 aromatic heterocycles. The number of nitrogens with zero attached hydrogens (tertiary/aromatic N) is 3. The number of hydrogen-bond donors (Lipinski definition) is 1. The van der Waals surface area contributed by atoms with Crippen LogP contribution in [0.15, 0.2) is 18.6 Å². The van der Waals surface area contributed by atoms with Crippen LogP contribution in [-0.4, -0.2) is 15.0 Å². The normalized spacial score (nSPS) is 10.2. The zero-order chi connectivity index (χ0) is 9.26. The van der Waals surface area contributed by atoms with E-state index in [-0.39, 0.29) is 0 Å². The summed E-state index contributed by atoms with van der Waals surface area (Å²) < 4.78 is 0. The molecule has 0 fully saturated rings. The quantitative estimate of drug-likeness (QED) is 0.743. The second-order valence-electron chi connectivity index (χ2n) is 2.61. The van der Waals surface area contributed by atoms with Gasteiger partial charge in [-0.25, -0.2) is 4.98 Å². The van der Waals surface area contributed by atoms with E-state index in [9.17, 15) is 0 Å². The smallest absolute Gasteiger partial charge is 0.145 e. The van der Waals surface area contributed by atoms with Crippen molar-refractivity contribution in [3.05, 3.63) is 24.3 Å². The van der Waals surface area contributed by atoms with Gasteiger partial charge in [0.05, 0.1) is 18.1 Å². The van der Waals surface area contributed by atoms with E-state index in [0.29, 0.717) is 5.00 Å². The monoisotopic (exact) mass is 192 g/mol. The van der Waals surface area contributed by atoms with Crippen LogP contribution in [0, 0.1) is 6.92 Å². The second kappa shape index (κ2) is 3.10. The Hall–Kier alpha value is -1.49. The van der Waals surface area contributed by atoms with Gasteiger partial charge in [0.2, 0.25) is 0 Å². The van der Waals surface area contributed by atoms with Gasteiger partial charge in [0, 0.05) is 6.20 Å². The third kappa shape index (κ3) is 1.65. The van der Waals surface area contributed by atoms with E-state index in [4.69, 9.17) is 5.73 Å². The van der Waals surface area contributed by atoms with Gasteiger partial charge in [0.25, 0.3) is 0 Å². The maximum absolute atomic E-state index is 5.55. The first-order chi connectivity index (χ1) is 6.25. The van der Waals surface area contributed by atoms with E-state index in [1.165, 1.54) is 11.3 Å². The van der Waals surface area contributed by atoms with E-state index in [0.717, 1.165) is 16.4 Å². The molecule has 0 bridgehead atoms. The molecule has 2 N–H and O–H groups in total.